The van der Waals surface area contributed by atoms with Crippen LogP contribution in [-0.2, 0) is 10.0 Å². The number of carbonyl (C=O) groups is 1. The largest absolute Gasteiger partial charge is 0.457 e. The van der Waals surface area contributed by atoms with E-state index >= 15 is 0 Å². The summed E-state index contributed by atoms with van der Waals surface area (Å²) in [4.78, 5) is 20.5. The number of nitrogens with zero attached hydrogens (tertiary/aromatic N) is 3. The van der Waals surface area contributed by atoms with Crippen LogP contribution < -0.4 is 9.24 Å². The number of benzene rings is 1. The Balaban J connectivity index is 1.98. The van der Waals surface area contributed by atoms with Crippen LogP contribution in [0, 0.1) is 20.8 Å². The van der Waals surface area contributed by atoms with Crippen molar-refractivity contribution in [1.29, 1.82) is 0 Å². The predicted octanol–water partition coefficient (Wildman–Crippen LogP) is 1.24. The molecule has 3 aromatic rings. The highest BCUT2D eigenvalue weighted by Gasteiger charge is 2.28. The van der Waals surface area contributed by atoms with Gasteiger partial charge >= 0.3 is 17.5 Å². The van der Waals surface area contributed by atoms with Crippen molar-refractivity contribution in [3.8, 4) is 0 Å². The molecule has 3 rings (SSSR count). The highest BCUT2D eigenvalue weighted by Crippen LogP contribution is 2.24. The molecule has 2 heterocycles. The number of aromatic nitrogens is 4. The molecule has 2 N–H and O–H groups in total. The van der Waals surface area contributed by atoms with Crippen molar-refractivity contribution in [1.82, 2.24) is 19.8 Å². The fourth-order valence-electron chi connectivity index (χ4n) is 2.49. The third kappa shape index (κ3) is 3.20. The summed E-state index contributed by atoms with van der Waals surface area (Å²) in [5.74, 6) is -0.801. The minimum Gasteiger partial charge on any atom is -0.263 e. The van der Waals surface area contributed by atoms with Gasteiger partial charge < -0.3 is 0 Å². The minimum absolute atomic E-state index is 0.0346. The van der Waals surface area contributed by atoms with E-state index in [1.807, 2.05) is 11.6 Å². The summed E-state index contributed by atoms with van der Waals surface area (Å²) in [5, 5.41) is 2.76. The van der Waals surface area contributed by atoms with E-state index in [1.54, 1.807) is 32.0 Å². The molecular weight excluding hydrogens is 366 g/mol. The topological polar surface area (TPSA) is 109 Å². The van der Waals surface area contributed by atoms with Gasteiger partial charge in [-0.1, -0.05) is 28.7 Å². The summed E-state index contributed by atoms with van der Waals surface area (Å²) < 4.78 is 28.5. The summed E-state index contributed by atoms with van der Waals surface area (Å²) in [6.07, 6.45) is 0. The third-order valence-electron chi connectivity index (χ3n) is 3.55. The van der Waals surface area contributed by atoms with Crippen LogP contribution in [0.15, 0.2) is 29.2 Å². The van der Waals surface area contributed by atoms with E-state index in [0.717, 1.165) is 11.4 Å². The van der Waals surface area contributed by atoms with Crippen molar-refractivity contribution < 1.29 is 17.7 Å². The van der Waals surface area contributed by atoms with E-state index in [4.69, 9.17) is 11.6 Å². The third-order valence-corrected chi connectivity index (χ3v) is 5.51. The molecule has 0 aliphatic heterocycles. The fourth-order valence-corrected chi connectivity index (χ4v) is 4.27. The second-order valence-corrected chi connectivity index (χ2v) is 7.59. The number of nitrogens with one attached hydrogen (secondary N) is 2. The Labute approximate surface area is 148 Å². The molecule has 0 saturated carbocycles. The lowest BCUT2D eigenvalue weighted by molar-refractivity contribution is -0.587. The highest BCUT2D eigenvalue weighted by atomic mass is 35.5. The van der Waals surface area contributed by atoms with E-state index in [0.29, 0.717) is 5.56 Å². The lowest BCUT2D eigenvalue weighted by Crippen LogP contribution is -2.34. The van der Waals surface area contributed by atoms with E-state index in [9.17, 15) is 13.2 Å². The Kier molecular flexibility index (Phi) is 4.21. The molecule has 2 aromatic heterocycles. The van der Waals surface area contributed by atoms with Gasteiger partial charge in [0.1, 0.15) is 16.3 Å². The Morgan fingerprint density at radius 2 is 1.96 bits per heavy atom. The lowest BCUT2D eigenvalue weighted by Gasteiger charge is -2.09. The van der Waals surface area contributed by atoms with Gasteiger partial charge in [0.2, 0.25) is 0 Å². The fraction of sp³-hybridized carbons (Fsp3) is 0.200. The molecule has 0 fully saturated rings. The van der Waals surface area contributed by atoms with Gasteiger partial charge in [0.05, 0.1) is 5.02 Å². The Morgan fingerprint density at radius 1 is 1.24 bits per heavy atom. The van der Waals surface area contributed by atoms with Crippen LogP contribution in [0.4, 0.5) is 0 Å². The van der Waals surface area contributed by atoms with Gasteiger partial charge in [-0.15, -0.1) is 4.52 Å². The molecule has 25 heavy (non-hydrogen) atoms. The van der Waals surface area contributed by atoms with Crippen molar-refractivity contribution in [3.05, 3.63) is 52.1 Å². The number of fused-ring (bicyclic) bond motifs is 1. The van der Waals surface area contributed by atoms with Crippen LogP contribution in [0.2, 0.25) is 5.02 Å². The van der Waals surface area contributed by atoms with Crippen molar-refractivity contribution in [2.45, 2.75) is 25.7 Å². The van der Waals surface area contributed by atoms with Gasteiger partial charge in [-0.3, -0.25) is 4.79 Å². The number of hydrogen-bond acceptors (Lipinski definition) is 5. The van der Waals surface area contributed by atoms with Crippen LogP contribution in [-0.4, -0.2) is 29.4 Å². The number of halogens is 1. The van der Waals surface area contributed by atoms with Gasteiger partial charge in [0.25, 0.3) is 10.0 Å². The Hall–Kier alpha value is -2.52. The zero-order valence-electron chi connectivity index (χ0n) is 13.7. The van der Waals surface area contributed by atoms with E-state index < -0.39 is 15.9 Å². The smallest absolute Gasteiger partial charge is 0.263 e. The van der Waals surface area contributed by atoms with Crippen LogP contribution >= 0.6 is 11.6 Å². The van der Waals surface area contributed by atoms with Gasteiger partial charge in [-0.2, -0.15) is 0 Å². The van der Waals surface area contributed by atoms with Crippen molar-refractivity contribution in [2.24, 2.45) is 0 Å². The molecule has 0 aliphatic carbocycles. The number of sulfonamides is 1. The maximum atomic E-state index is 12.5. The van der Waals surface area contributed by atoms with Crippen molar-refractivity contribution in [3.63, 3.8) is 0 Å². The van der Waals surface area contributed by atoms with E-state index in [-0.39, 0.29) is 21.5 Å². The number of H-pyrrole nitrogens is 1. The molecule has 0 unspecified atom stereocenters. The normalized spacial score (nSPS) is 11.7. The Bertz CT molecular complexity index is 1090. The molecule has 0 aliphatic rings. The molecule has 0 spiro atoms. The van der Waals surface area contributed by atoms with Crippen LogP contribution in [0.25, 0.3) is 5.78 Å². The molecule has 1 aromatic carbocycles. The molecule has 1 amide bonds. The maximum absolute atomic E-state index is 12.5. The molecular formula is C15H15ClN5O3S+. The minimum atomic E-state index is -4.15. The number of aromatic amines is 1. The lowest BCUT2D eigenvalue weighted by atomic mass is 10.2. The molecule has 0 bridgehead atoms. The SMILES string of the molecule is Cc1cc(C)[n+]2[nH]c(C(=O)NS(=O)(=O)c3c(C)cccc3Cl)nc2n1. The molecule has 130 valence electrons. The average Bonchev–Trinajstić information content (AvgIpc) is 2.90. The molecule has 0 radical (unpaired) electrons. The molecule has 0 saturated heterocycles. The van der Waals surface area contributed by atoms with Gasteiger partial charge in [0.15, 0.2) is 0 Å². The summed E-state index contributed by atoms with van der Waals surface area (Å²) in [6.45, 7) is 5.20. The highest BCUT2D eigenvalue weighted by molar-refractivity contribution is 7.90. The summed E-state index contributed by atoms with van der Waals surface area (Å²) in [5.41, 5.74) is 1.94. The number of carbonyl (C=O) groups excluding carboxylic acids is 1. The van der Waals surface area contributed by atoms with E-state index in [1.165, 1.54) is 10.6 Å². The first-order chi connectivity index (χ1) is 11.7. The van der Waals surface area contributed by atoms with Crippen LogP contribution in [0.3, 0.4) is 0 Å². The average molecular weight is 381 g/mol. The predicted molar refractivity (Wildman–Crippen MR) is 89.9 cm³/mol. The summed E-state index contributed by atoms with van der Waals surface area (Å²) in [7, 11) is -4.15. The quantitative estimate of drug-likeness (QED) is 0.664. The number of aryl methyl sites for hydroxylation is 3. The zero-order valence-corrected chi connectivity index (χ0v) is 15.2. The maximum Gasteiger partial charge on any atom is 0.457 e. The zero-order chi connectivity index (χ0) is 18.4. The van der Waals surface area contributed by atoms with Crippen LogP contribution in [0.1, 0.15) is 27.6 Å². The number of amides is 1. The molecule has 0 atom stereocenters. The van der Waals surface area contributed by atoms with Crippen molar-refractivity contribution in [2.75, 3.05) is 0 Å². The van der Waals surface area contributed by atoms with Crippen molar-refractivity contribution >= 4 is 33.3 Å². The van der Waals surface area contributed by atoms with Crippen LogP contribution in [0.5, 0.6) is 0 Å². The number of rotatable bonds is 3. The Morgan fingerprint density at radius 3 is 2.64 bits per heavy atom. The van der Waals surface area contributed by atoms with Gasteiger partial charge in [0, 0.05) is 6.07 Å². The first-order valence-electron chi connectivity index (χ1n) is 7.27. The number of hydrogen-bond donors (Lipinski definition) is 2. The van der Waals surface area contributed by atoms with Gasteiger partial charge in [-0.05, 0) is 37.4 Å². The summed E-state index contributed by atoms with van der Waals surface area (Å²) in [6, 6.07) is 6.47. The molecule has 8 nitrogen and oxygen atoms in total. The second-order valence-electron chi connectivity index (χ2n) is 5.57. The second kappa shape index (κ2) is 6.08. The summed E-state index contributed by atoms with van der Waals surface area (Å²) >= 11 is 5.98. The first kappa shape index (κ1) is 17.3. The van der Waals surface area contributed by atoms with E-state index in [2.05, 4.69) is 15.1 Å². The standard InChI is InChI=1S/C15H14ClN5O3S/c1-8-5-4-6-11(16)12(8)25(23,24)20-14(22)13-18-15-17-9(2)7-10(3)21(15)19-13/h4-7H,1-3H3,(H,20,22)/p+1. The first-order valence-corrected chi connectivity index (χ1v) is 9.13. The monoisotopic (exact) mass is 380 g/mol. The molecule has 10 heteroatoms. The van der Waals surface area contributed by atoms with Gasteiger partial charge in [-0.25, -0.2) is 18.2 Å².